The molecule has 0 aromatic heterocycles. The Morgan fingerprint density at radius 1 is 0.971 bits per heavy atom. The summed E-state index contributed by atoms with van der Waals surface area (Å²) in [4.78, 5) is 29.5. The number of aryl methyl sites for hydroxylation is 1. The van der Waals surface area contributed by atoms with E-state index in [0.717, 1.165) is 5.56 Å². The third kappa shape index (κ3) is 4.23. The standard InChI is InChI=1S/C24H27N3O6S/c1-17-3-6-20(7-4-17)34(30,31)26-10-2-9-25(11-12-26)24(29)18-13-23(28)27(15-18)19-5-8-21-22(14-19)33-16-32-21/h3-8,14,18H,2,9-13,15-16H2,1H3. The van der Waals surface area contributed by atoms with Crippen molar-refractivity contribution in [3.05, 3.63) is 48.0 Å². The number of carbonyl (C=O) groups excluding carboxylic acids is 2. The van der Waals surface area contributed by atoms with Gasteiger partial charge in [-0.05, 0) is 37.6 Å². The van der Waals surface area contributed by atoms with Gasteiger partial charge in [0.15, 0.2) is 11.5 Å². The van der Waals surface area contributed by atoms with Gasteiger partial charge >= 0.3 is 0 Å². The van der Waals surface area contributed by atoms with Gasteiger partial charge in [-0.2, -0.15) is 4.31 Å². The van der Waals surface area contributed by atoms with Crippen LogP contribution in [0.25, 0.3) is 0 Å². The van der Waals surface area contributed by atoms with Crippen LogP contribution in [0.3, 0.4) is 0 Å². The van der Waals surface area contributed by atoms with Crippen molar-refractivity contribution in [1.29, 1.82) is 0 Å². The zero-order valence-corrected chi connectivity index (χ0v) is 19.8. The number of amides is 2. The van der Waals surface area contributed by atoms with Gasteiger partial charge in [0.05, 0.1) is 10.8 Å². The second-order valence-corrected chi connectivity index (χ2v) is 10.8. The first-order chi connectivity index (χ1) is 16.3. The fourth-order valence-electron chi connectivity index (χ4n) is 4.65. The van der Waals surface area contributed by atoms with Gasteiger partial charge in [-0.15, -0.1) is 0 Å². The number of anilines is 1. The van der Waals surface area contributed by atoms with E-state index < -0.39 is 15.9 Å². The maximum absolute atomic E-state index is 13.3. The first-order valence-electron chi connectivity index (χ1n) is 11.4. The number of sulfonamides is 1. The van der Waals surface area contributed by atoms with Crippen LogP contribution in [0, 0.1) is 12.8 Å². The number of ether oxygens (including phenoxy) is 2. The molecule has 2 aromatic carbocycles. The fraction of sp³-hybridized carbons (Fsp3) is 0.417. The largest absolute Gasteiger partial charge is 0.454 e. The Morgan fingerprint density at radius 3 is 2.53 bits per heavy atom. The first-order valence-corrected chi connectivity index (χ1v) is 12.8. The molecule has 9 nitrogen and oxygen atoms in total. The van der Waals surface area contributed by atoms with E-state index >= 15 is 0 Å². The van der Waals surface area contributed by atoms with E-state index in [1.54, 1.807) is 52.3 Å². The molecule has 0 aliphatic carbocycles. The number of carbonyl (C=O) groups is 2. The molecule has 34 heavy (non-hydrogen) atoms. The molecule has 2 saturated heterocycles. The Bertz CT molecular complexity index is 1210. The van der Waals surface area contributed by atoms with Crippen molar-refractivity contribution in [3.63, 3.8) is 0 Å². The van der Waals surface area contributed by atoms with E-state index in [-0.39, 0.29) is 36.5 Å². The average molecular weight is 486 g/mol. The van der Waals surface area contributed by atoms with Gasteiger partial charge in [0.1, 0.15) is 0 Å². The topological polar surface area (TPSA) is 96.5 Å². The monoisotopic (exact) mass is 485 g/mol. The minimum Gasteiger partial charge on any atom is -0.454 e. The number of nitrogens with zero attached hydrogens (tertiary/aromatic N) is 3. The summed E-state index contributed by atoms with van der Waals surface area (Å²) in [5.41, 5.74) is 1.67. The maximum Gasteiger partial charge on any atom is 0.243 e. The highest BCUT2D eigenvalue weighted by molar-refractivity contribution is 7.89. The molecule has 1 unspecified atom stereocenters. The van der Waals surface area contributed by atoms with Crippen molar-refractivity contribution >= 4 is 27.5 Å². The number of hydrogen-bond acceptors (Lipinski definition) is 6. The van der Waals surface area contributed by atoms with Crippen LogP contribution in [0.15, 0.2) is 47.4 Å². The predicted octanol–water partition coefficient (Wildman–Crippen LogP) is 2.00. The Balaban J connectivity index is 1.24. The highest BCUT2D eigenvalue weighted by Gasteiger charge is 2.38. The number of fused-ring (bicyclic) bond motifs is 1. The zero-order valence-electron chi connectivity index (χ0n) is 19.0. The average Bonchev–Trinajstić information content (AvgIpc) is 3.36. The van der Waals surface area contributed by atoms with Crippen LogP contribution in [0.5, 0.6) is 11.5 Å². The predicted molar refractivity (Wildman–Crippen MR) is 124 cm³/mol. The molecule has 0 N–H and O–H groups in total. The van der Waals surface area contributed by atoms with Crippen molar-refractivity contribution in [2.75, 3.05) is 44.4 Å². The first kappa shape index (κ1) is 22.7. The van der Waals surface area contributed by atoms with Crippen LogP contribution in [0.4, 0.5) is 5.69 Å². The Kier molecular flexibility index (Phi) is 5.95. The quantitative estimate of drug-likeness (QED) is 0.657. The van der Waals surface area contributed by atoms with E-state index in [4.69, 9.17) is 9.47 Å². The maximum atomic E-state index is 13.3. The highest BCUT2D eigenvalue weighted by Crippen LogP contribution is 2.37. The van der Waals surface area contributed by atoms with Gasteiger partial charge in [-0.25, -0.2) is 8.42 Å². The molecular weight excluding hydrogens is 458 g/mol. The minimum absolute atomic E-state index is 0.105. The molecule has 2 fully saturated rings. The molecule has 10 heteroatoms. The lowest BCUT2D eigenvalue weighted by Crippen LogP contribution is -2.40. The molecule has 2 amide bonds. The molecule has 0 bridgehead atoms. The summed E-state index contributed by atoms with van der Waals surface area (Å²) < 4.78 is 38.3. The molecular formula is C24H27N3O6S. The lowest BCUT2D eigenvalue weighted by Gasteiger charge is -2.24. The summed E-state index contributed by atoms with van der Waals surface area (Å²) in [6.07, 6.45) is 0.679. The molecule has 1 atom stereocenters. The Labute approximate surface area is 198 Å². The second-order valence-electron chi connectivity index (χ2n) is 8.84. The van der Waals surface area contributed by atoms with Crippen molar-refractivity contribution in [2.45, 2.75) is 24.7 Å². The van der Waals surface area contributed by atoms with Crippen LogP contribution in [0.1, 0.15) is 18.4 Å². The number of hydrogen-bond donors (Lipinski definition) is 0. The molecule has 3 aliphatic rings. The normalized spacial score (nSPS) is 21.1. The molecule has 3 heterocycles. The summed E-state index contributed by atoms with van der Waals surface area (Å²) in [5, 5.41) is 0. The zero-order chi connectivity index (χ0) is 23.9. The molecule has 180 valence electrons. The lowest BCUT2D eigenvalue weighted by atomic mass is 10.1. The van der Waals surface area contributed by atoms with Crippen molar-refractivity contribution in [1.82, 2.24) is 9.21 Å². The van der Waals surface area contributed by atoms with E-state index in [1.165, 1.54) is 4.31 Å². The van der Waals surface area contributed by atoms with Crippen LogP contribution in [0.2, 0.25) is 0 Å². The summed E-state index contributed by atoms with van der Waals surface area (Å²) in [7, 11) is -3.62. The summed E-state index contributed by atoms with van der Waals surface area (Å²) in [5.74, 6) is 0.542. The van der Waals surface area contributed by atoms with E-state index in [2.05, 4.69) is 0 Å². The Hall–Kier alpha value is -3.11. The van der Waals surface area contributed by atoms with Crippen molar-refractivity contribution < 1.29 is 27.5 Å². The van der Waals surface area contributed by atoms with Gasteiger partial charge in [-0.1, -0.05) is 17.7 Å². The molecule has 0 spiro atoms. The van der Waals surface area contributed by atoms with Crippen LogP contribution >= 0.6 is 0 Å². The van der Waals surface area contributed by atoms with E-state index in [0.29, 0.717) is 49.8 Å². The summed E-state index contributed by atoms with van der Waals surface area (Å²) in [6.45, 7) is 3.71. The molecule has 5 rings (SSSR count). The number of benzene rings is 2. The molecule has 0 saturated carbocycles. The van der Waals surface area contributed by atoms with Crippen molar-refractivity contribution in [2.24, 2.45) is 5.92 Å². The molecule has 2 aromatic rings. The third-order valence-electron chi connectivity index (χ3n) is 6.57. The van der Waals surface area contributed by atoms with Gasteiger partial charge in [0.2, 0.25) is 28.6 Å². The van der Waals surface area contributed by atoms with Gasteiger partial charge in [0, 0.05) is 50.9 Å². The van der Waals surface area contributed by atoms with Gasteiger partial charge in [-0.3, -0.25) is 9.59 Å². The molecule has 3 aliphatic heterocycles. The second kappa shape index (κ2) is 8.92. The molecule has 0 radical (unpaired) electrons. The SMILES string of the molecule is Cc1ccc(S(=O)(=O)N2CCCN(C(=O)C3CC(=O)N(c4ccc5c(c4)OCO5)C3)CC2)cc1. The number of rotatable bonds is 4. The summed E-state index contributed by atoms with van der Waals surface area (Å²) in [6, 6.07) is 12.1. The fourth-order valence-corrected chi connectivity index (χ4v) is 6.12. The Morgan fingerprint density at radius 2 is 1.74 bits per heavy atom. The highest BCUT2D eigenvalue weighted by atomic mass is 32.2. The van der Waals surface area contributed by atoms with Crippen LogP contribution in [-0.4, -0.2) is 69.0 Å². The lowest BCUT2D eigenvalue weighted by molar-refractivity contribution is -0.135. The third-order valence-corrected chi connectivity index (χ3v) is 8.48. The van der Waals surface area contributed by atoms with E-state index in [1.807, 2.05) is 6.92 Å². The van der Waals surface area contributed by atoms with Gasteiger partial charge in [0.25, 0.3) is 0 Å². The van der Waals surface area contributed by atoms with Crippen LogP contribution < -0.4 is 14.4 Å². The van der Waals surface area contributed by atoms with E-state index in [9.17, 15) is 18.0 Å². The minimum atomic E-state index is -3.62. The summed E-state index contributed by atoms with van der Waals surface area (Å²) >= 11 is 0. The van der Waals surface area contributed by atoms with Crippen LogP contribution in [-0.2, 0) is 19.6 Å². The van der Waals surface area contributed by atoms with Crippen molar-refractivity contribution in [3.8, 4) is 11.5 Å². The van der Waals surface area contributed by atoms with Gasteiger partial charge < -0.3 is 19.3 Å². The smallest absolute Gasteiger partial charge is 0.243 e.